The lowest BCUT2D eigenvalue weighted by atomic mass is 10.2. The molecule has 2 unspecified atom stereocenters. The quantitative estimate of drug-likeness (QED) is 0.798. The van der Waals surface area contributed by atoms with E-state index in [1.165, 1.54) is 23.3 Å². The predicted molar refractivity (Wildman–Crippen MR) is 78.3 cm³/mol. The minimum Gasteiger partial charge on any atom is -0.377 e. The number of hydrogen-bond acceptors (Lipinski definition) is 3. The van der Waals surface area contributed by atoms with Crippen molar-refractivity contribution in [1.82, 2.24) is 5.32 Å². The molecule has 1 aliphatic rings. The Morgan fingerprint density at radius 3 is 2.83 bits per heavy atom. The molecule has 0 spiro atoms. The monoisotopic (exact) mass is 265 g/mol. The van der Waals surface area contributed by atoms with Gasteiger partial charge in [-0.15, -0.1) is 11.8 Å². The Hall–Kier alpha value is -0.510. The summed E-state index contributed by atoms with van der Waals surface area (Å²) in [5, 5.41) is 4.10. The summed E-state index contributed by atoms with van der Waals surface area (Å²) in [6.07, 6.45) is 2.88. The standard InChI is InChI=1S/C15H23NOS/c1-12-5-7-15(8-6-12)18-13(2)10-16-11-14-4-3-9-17-14/h5-8,13-14,16H,3-4,9-11H2,1-2H3. The predicted octanol–water partition coefficient (Wildman–Crippen LogP) is 3.24. The average molecular weight is 265 g/mol. The summed E-state index contributed by atoms with van der Waals surface area (Å²) in [6, 6.07) is 8.76. The largest absolute Gasteiger partial charge is 0.377 e. The van der Waals surface area contributed by atoms with E-state index in [-0.39, 0.29) is 0 Å². The van der Waals surface area contributed by atoms with Gasteiger partial charge in [0.1, 0.15) is 0 Å². The third kappa shape index (κ3) is 4.63. The van der Waals surface area contributed by atoms with Crippen molar-refractivity contribution in [2.75, 3.05) is 19.7 Å². The highest BCUT2D eigenvalue weighted by Crippen LogP contribution is 2.23. The van der Waals surface area contributed by atoms with Crippen molar-refractivity contribution >= 4 is 11.8 Å². The summed E-state index contributed by atoms with van der Waals surface area (Å²) in [5.74, 6) is 0. The van der Waals surface area contributed by atoms with Gasteiger partial charge >= 0.3 is 0 Å². The van der Waals surface area contributed by atoms with Gasteiger partial charge in [0.2, 0.25) is 0 Å². The number of ether oxygens (including phenoxy) is 1. The minimum atomic E-state index is 0.446. The fourth-order valence-corrected chi connectivity index (χ4v) is 3.10. The van der Waals surface area contributed by atoms with Crippen molar-refractivity contribution in [2.24, 2.45) is 0 Å². The van der Waals surface area contributed by atoms with Gasteiger partial charge in [0.05, 0.1) is 6.10 Å². The van der Waals surface area contributed by atoms with Crippen molar-refractivity contribution in [2.45, 2.75) is 42.9 Å². The Balaban J connectivity index is 1.65. The second-order valence-electron chi connectivity index (χ2n) is 5.03. The maximum Gasteiger partial charge on any atom is 0.0700 e. The van der Waals surface area contributed by atoms with E-state index in [1.807, 2.05) is 11.8 Å². The molecule has 1 fully saturated rings. The van der Waals surface area contributed by atoms with Gasteiger partial charge in [-0.25, -0.2) is 0 Å². The zero-order chi connectivity index (χ0) is 12.8. The maximum absolute atomic E-state index is 5.60. The highest BCUT2D eigenvalue weighted by molar-refractivity contribution is 8.00. The van der Waals surface area contributed by atoms with E-state index < -0.39 is 0 Å². The van der Waals surface area contributed by atoms with Gasteiger partial charge in [-0.05, 0) is 31.9 Å². The molecule has 100 valence electrons. The second kappa shape index (κ2) is 7.17. The minimum absolute atomic E-state index is 0.446. The first kappa shape index (κ1) is 13.9. The molecule has 2 atom stereocenters. The zero-order valence-electron chi connectivity index (χ0n) is 11.3. The van der Waals surface area contributed by atoms with E-state index in [0.29, 0.717) is 11.4 Å². The van der Waals surface area contributed by atoms with Crippen LogP contribution in [0, 0.1) is 6.92 Å². The van der Waals surface area contributed by atoms with Crippen LogP contribution in [0.4, 0.5) is 0 Å². The molecule has 1 aromatic carbocycles. The topological polar surface area (TPSA) is 21.3 Å². The molecule has 0 radical (unpaired) electrons. The van der Waals surface area contributed by atoms with Crippen LogP contribution in [-0.2, 0) is 4.74 Å². The van der Waals surface area contributed by atoms with Crippen LogP contribution in [-0.4, -0.2) is 31.1 Å². The molecule has 0 aromatic heterocycles. The van der Waals surface area contributed by atoms with E-state index in [4.69, 9.17) is 4.74 Å². The fourth-order valence-electron chi connectivity index (χ4n) is 2.14. The number of thioether (sulfide) groups is 1. The number of rotatable bonds is 6. The van der Waals surface area contributed by atoms with Crippen LogP contribution >= 0.6 is 11.8 Å². The Labute approximate surface area is 114 Å². The SMILES string of the molecule is Cc1ccc(SC(C)CNCC2CCCO2)cc1. The van der Waals surface area contributed by atoms with Crippen LogP contribution in [0.2, 0.25) is 0 Å². The Bertz CT molecular complexity index is 346. The molecule has 1 heterocycles. The smallest absolute Gasteiger partial charge is 0.0700 e. The molecule has 0 aliphatic carbocycles. The molecule has 1 aromatic rings. The maximum atomic E-state index is 5.60. The van der Waals surface area contributed by atoms with Crippen molar-refractivity contribution in [3.05, 3.63) is 29.8 Å². The van der Waals surface area contributed by atoms with Crippen LogP contribution in [0.15, 0.2) is 29.2 Å². The van der Waals surface area contributed by atoms with Crippen LogP contribution < -0.4 is 5.32 Å². The third-order valence-electron chi connectivity index (χ3n) is 3.19. The van der Waals surface area contributed by atoms with E-state index in [0.717, 1.165) is 19.7 Å². The lowest BCUT2D eigenvalue weighted by Gasteiger charge is -2.15. The van der Waals surface area contributed by atoms with Gasteiger partial charge in [-0.1, -0.05) is 24.6 Å². The first-order valence-corrected chi connectivity index (χ1v) is 7.67. The molecule has 1 N–H and O–H groups in total. The molecule has 2 nitrogen and oxygen atoms in total. The van der Waals surface area contributed by atoms with E-state index in [9.17, 15) is 0 Å². The molecular formula is C15H23NOS. The highest BCUT2D eigenvalue weighted by atomic mass is 32.2. The van der Waals surface area contributed by atoms with Gasteiger partial charge in [-0.2, -0.15) is 0 Å². The lowest BCUT2D eigenvalue weighted by molar-refractivity contribution is 0.110. The van der Waals surface area contributed by atoms with Crippen molar-refractivity contribution in [3.63, 3.8) is 0 Å². The fraction of sp³-hybridized carbons (Fsp3) is 0.600. The summed E-state index contributed by atoms with van der Waals surface area (Å²) in [4.78, 5) is 1.35. The Kier molecular flexibility index (Phi) is 5.54. The normalized spacial score (nSPS) is 21.1. The number of hydrogen-bond donors (Lipinski definition) is 1. The Morgan fingerprint density at radius 1 is 1.39 bits per heavy atom. The third-order valence-corrected chi connectivity index (χ3v) is 4.30. The summed E-state index contributed by atoms with van der Waals surface area (Å²) in [6.45, 7) is 7.38. The summed E-state index contributed by atoms with van der Waals surface area (Å²) in [7, 11) is 0. The summed E-state index contributed by atoms with van der Waals surface area (Å²) >= 11 is 1.93. The molecular weight excluding hydrogens is 242 g/mol. The van der Waals surface area contributed by atoms with E-state index in [1.54, 1.807) is 0 Å². The van der Waals surface area contributed by atoms with E-state index in [2.05, 4.69) is 43.4 Å². The van der Waals surface area contributed by atoms with Crippen molar-refractivity contribution < 1.29 is 4.74 Å². The molecule has 0 bridgehead atoms. The average Bonchev–Trinajstić information content (AvgIpc) is 2.85. The Morgan fingerprint density at radius 2 is 2.17 bits per heavy atom. The van der Waals surface area contributed by atoms with Gasteiger partial charge in [0.15, 0.2) is 0 Å². The molecule has 18 heavy (non-hydrogen) atoms. The van der Waals surface area contributed by atoms with Crippen molar-refractivity contribution in [3.8, 4) is 0 Å². The highest BCUT2D eigenvalue weighted by Gasteiger charge is 2.15. The van der Waals surface area contributed by atoms with E-state index >= 15 is 0 Å². The number of nitrogens with one attached hydrogen (secondary N) is 1. The van der Waals surface area contributed by atoms with Crippen LogP contribution in [0.5, 0.6) is 0 Å². The number of benzene rings is 1. The van der Waals surface area contributed by atoms with Crippen molar-refractivity contribution in [1.29, 1.82) is 0 Å². The van der Waals surface area contributed by atoms with Crippen LogP contribution in [0.3, 0.4) is 0 Å². The second-order valence-corrected chi connectivity index (χ2v) is 6.55. The van der Waals surface area contributed by atoms with Gasteiger partial charge in [0, 0.05) is 29.8 Å². The first-order chi connectivity index (χ1) is 8.74. The molecule has 1 aliphatic heterocycles. The molecule has 2 rings (SSSR count). The van der Waals surface area contributed by atoms with Gasteiger partial charge < -0.3 is 10.1 Å². The molecule has 3 heteroatoms. The summed E-state index contributed by atoms with van der Waals surface area (Å²) < 4.78 is 5.60. The van der Waals surface area contributed by atoms with Crippen LogP contribution in [0.1, 0.15) is 25.3 Å². The number of aryl methyl sites for hydroxylation is 1. The molecule has 0 saturated carbocycles. The molecule has 0 amide bonds. The van der Waals surface area contributed by atoms with Gasteiger partial charge in [-0.3, -0.25) is 0 Å². The zero-order valence-corrected chi connectivity index (χ0v) is 12.1. The molecule has 1 saturated heterocycles. The summed E-state index contributed by atoms with van der Waals surface area (Å²) in [5.41, 5.74) is 1.32. The van der Waals surface area contributed by atoms with Gasteiger partial charge in [0.25, 0.3) is 0 Å². The van der Waals surface area contributed by atoms with Crippen LogP contribution in [0.25, 0.3) is 0 Å². The first-order valence-electron chi connectivity index (χ1n) is 6.79. The lowest BCUT2D eigenvalue weighted by Crippen LogP contribution is -2.30.